The normalized spacial score (nSPS) is 13.9. The number of hydrogen-bond donors (Lipinski definition) is 2. The standard InChI is InChI=1S/C9H16ClN3OS/c1-9(2,3)4-6(14)5-11-8-7(10)12-15-13-8/h6,14H,4-5H2,1-3H3,(H,11,13). The SMILES string of the molecule is CC(C)(C)CC(O)CNc1nsnc1Cl. The van der Waals surface area contributed by atoms with Crippen LogP contribution >= 0.6 is 23.3 Å². The van der Waals surface area contributed by atoms with Gasteiger partial charge in [0.15, 0.2) is 11.0 Å². The summed E-state index contributed by atoms with van der Waals surface area (Å²) in [7, 11) is 0. The highest BCUT2D eigenvalue weighted by molar-refractivity contribution is 6.99. The van der Waals surface area contributed by atoms with Gasteiger partial charge >= 0.3 is 0 Å². The molecule has 1 rings (SSSR count). The summed E-state index contributed by atoms with van der Waals surface area (Å²) in [5.41, 5.74) is 0.116. The van der Waals surface area contributed by atoms with Crippen LogP contribution in [0, 0.1) is 5.41 Å². The molecule has 4 nitrogen and oxygen atoms in total. The third-order valence-corrected chi connectivity index (χ3v) is 2.69. The third kappa shape index (κ3) is 4.77. The minimum atomic E-state index is -0.400. The predicted octanol–water partition coefficient (Wildman–Crippen LogP) is 2.40. The van der Waals surface area contributed by atoms with Crippen LogP contribution < -0.4 is 5.32 Å². The van der Waals surface area contributed by atoms with Gasteiger partial charge in [0.1, 0.15) is 0 Å². The van der Waals surface area contributed by atoms with Crippen molar-refractivity contribution in [1.82, 2.24) is 8.75 Å². The van der Waals surface area contributed by atoms with Crippen molar-refractivity contribution in [3.63, 3.8) is 0 Å². The molecule has 0 aliphatic carbocycles. The van der Waals surface area contributed by atoms with E-state index < -0.39 is 6.10 Å². The van der Waals surface area contributed by atoms with Gasteiger partial charge in [-0.2, -0.15) is 8.75 Å². The zero-order valence-corrected chi connectivity index (χ0v) is 10.7. The van der Waals surface area contributed by atoms with Crippen LogP contribution in [0.1, 0.15) is 27.2 Å². The number of hydrogen-bond acceptors (Lipinski definition) is 5. The van der Waals surface area contributed by atoms with Gasteiger partial charge in [0.25, 0.3) is 0 Å². The van der Waals surface area contributed by atoms with Gasteiger partial charge in [-0.05, 0) is 11.8 Å². The molecule has 1 heterocycles. The van der Waals surface area contributed by atoms with Gasteiger partial charge in [0.2, 0.25) is 0 Å². The maximum absolute atomic E-state index is 9.72. The fraction of sp³-hybridized carbons (Fsp3) is 0.778. The second-order valence-electron chi connectivity index (χ2n) is 4.70. The van der Waals surface area contributed by atoms with Crippen molar-refractivity contribution in [2.24, 2.45) is 5.41 Å². The zero-order valence-electron chi connectivity index (χ0n) is 9.12. The second-order valence-corrected chi connectivity index (χ2v) is 5.59. The molecule has 1 aromatic heterocycles. The van der Waals surface area contributed by atoms with E-state index in [2.05, 4.69) is 34.8 Å². The van der Waals surface area contributed by atoms with Crippen LogP contribution in [0.5, 0.6) is 0 Å². The first-order chi connectivity index (χ1) is 6.88. The Bertz CT molecular complexity index is 311. The summed E-state index contributed by atoms with van der Waals surface area (Å²) in [6.45, 7) is 6.72. The monoisotopic (exact) mass is 249 g/mol. The Hall–Kier alpha value is -0.390. The number of rotatable bonds is 4. The maximum Gasteiger partial charge on any atom is 0.186 e. The van der Waals surface area contributed by atoms with Crippen LogP contribution in [0.25, 0.3) is 0 Å². The van der Waals surface area contributed by atoms with Crippen molar-refractivity contribution in [3.05, 3.63) is 5.15 Å². The minimum absolute atomic E-state index is 0.116. The first-order valence-corrected chi connectivity index (χ1v) is 5.89. The van der Waals surface area contributed by atoms with Crippen LogP contribution in [0.15, 0.2) is 0 Å². The molecule has 15 heavy (non-hydrogen) atoms. The molecule has 0 radical (unpaired) electrons. The summed E-state index contributed by atoms with van der Waals surface area (Å²) >= 11 is 6.80. The first kappa shape index (κ1) is 12.7. The van der Waals surface area contributed by atoms with Crippen molar-refractivity contribution in [2.75, 3.05) is 11.9 Å². The lowest BCUT2D eigenvalue weighted by Crippen LogP contribution is -2.25. The fourth-order valence-electron chi connectivity index (χ4n) is 1.28. The van der Waals surface area contributed by atoms with Gasteiger partial charge < -0.3 is 10.4 Å². The number of aliphatic hydroxyl groups is 1. The van der Waals surface area contributed by atoms with Crippen molar-refractivity contribution in [3.8, 4) is 0 Å². The van der Waals surface area contributed by atoms with E-state index in [9.17, 15) is 5.11 Å². The number of aliphatic hydroxyl groups excluding tert-OH is 1. The number of anilines is 1. The number of aromatic nitrogens is 2. The van der Waals surface area contributed by atoms with Crippen molar-refractivity contribution >= 4 is 29.1 Å². The molecule has 1 unspecified atom stereocenters. The lowest BCUT2D eigenvalue weighted by Gasteiger charge is -2.22. The van der Waals surface area contributed by atoms with E-state index in [0.29, 0.717) is 17.5 Å². The third-order valence-electron chi connectivity index (χ3n) is 1.80. The summed E-state index contributed by atoms with van der Waals surface area (Å²) in [5.74, 6) is 0.551. The van der Waals surface area contributed by atoms with Gasteiger partial charge in [0, 0.05) is 6.54 Å². The van der Waals surface area contributed by atoms with Gasteiger partial charge in [-0.1, -0.05) is 32.4 Å². The molecule has 0 aliphatic rings. The number of halogens is 1. The molecule has 2 N–H and O–H groups in total. The molecule has 1 atom stereocenters. The Kier molecular flexibility index (Phi) is 4.31. The molecule has 86 valence electrons. The molecule has 0 fully saturated rings. The van der Waals surface area contributed by atoms with Crippen LogP contribution in [-0.4, -0.2) is 26.5 Å². The highest BCUT2D eigenvalue weighted by Crippen LogP contribution is 2.22. The molecule has 1 aromatic rings. The highest BCUT2D eigenvalue weighted by Gasteiger charge is 2.17. The lowest BCUT2D eigenvalue weighted by molar-refractivity contribution is 0.132. The molecule has 0 amide bonds. The van der Waals surface area contributed by atoms with Crippen LogP contribution in [0.4, 0.5) is 5.82 Å². The average Bonchev–Trinajstić information content (AvgIpc) is 2.44. The Morgan fingerprint density at radius 1 is 1.47 bits per heavy atom. The molecular weight excluding hydrogens is 234 g/mol. The van der Waals surface area contributed by atoms with Crippen molar-refractivity contribution < 1.29 is 5.11 Å². The molecule has 6 heteroatoms. The minimum Gasteiger partial charge on any atom is -0.391 e. The van der Waals surface area contributed by atoms with Crippen LogP contribution in [-0.2, 0) is 0 Å². The summed E-state index contributed by atoms with van der Waals surface area (Å²) in [4.78, 5) is 0. The van der Waals surface area contributed by atoms with E-state index in [-0.39, 0.29) is 5.41 Å². The predicted molar refractivity (Wildman–Crippen MR) is 63.5 cm³/mol. The Morgan fingerprint density at radius 2 is 2.13 bits per heavy atom. The molecule has 0 saturated carbocycles. The van der Waals surface area contributed by atoms with Gasteiger partial charge in [-0.3, -0.25) is 0 Å². The van der Waals surface area contributed by atoms with E-state index in [0.717, 1.165) is 18.1 Å². The molecule has 0 aliphatic heterocycles. The van der Waals surface area contributed by atoms with Gasteiger partial charge in [-0.15, -0.1) is 0 Å². The highest BCUT2D eigenvalue weighted by atomic mass is 35.5. The molecule has 0 saturated heterocycles. The van der Waals surface area contributed by atoms with Gasteiger partial charge in [-0.25, -0.2) is 0 Å². The lowest BCUT2D eigenvalue weighted by atomic mass is 9.89. The van der Waals surface area contributed by atoms with E-state index >= 15 is 0 Å². The zero-order chi connectivity index (χ0) is 11.5. The molecule has 0 aromatic carbocycles. The summed E-state index contributed by atoms with van der Waals surface area (Å²) in [6, 6.07) is 0. The Labute approximate surface area is 99.0 Å². The summed E-state index contributed by atoms with van der Waals surface area (Å²) in [5, 5.41) is 13.1. The Balaban J connectivity index is 2.35. The molecule has 0 spiro atoms. The van der Waals surface area contributed by atoms with Crippen LogP contribution in [0.3, 0.4) is 0 Å². The topological polar surface area (TPSA) is 58.0 Å². The summed E-state index contributed by atoms with van der Waals surface area (Å²) < 4.78 is 7.78. The summed E-state index contributed by atoms with van der Waals surface area (Å²) in [6.07, 6.45) is 0.331. The number of nitrogens with zero attached hydrogens (tertiary/aromatic N) is 2. The maximum atomic E-state index is 9.72. The quantitative estimate of drug-likeness (QED) is 0.861. The smallest absolute Gasteiger partial charge is 0.186 e. The van der Waals surface area contributed by atoms with Crippen molar-refractivity contribution in [2.45, 2.75) is 33.3 Å². The van der Waals surface area contributed by atoms with E-state index in [1.807, 2.05) is 0 Å². The van der Waals surface area contributed by atoms with E-state index in [1.54, 1.807) is 0 Å². The largest absolute Gasteiger partial charge is 0.391 e. The van der Waals surface area contributed by atoms with Crippen LogP contribution in [0.2, 0.25) is 5.15 Å². The fourth-order valence-corrected chi connectivity index (χ4v) is 1.96. The first-order valence-electron chi connectivity index (χ1n) is 4.78. The van der Waals surface area contributed by atoms with Crippen molar-refractivity contribution in [1.29, 1.82) is 0 Å². The number of nitrogens with one attached hydrogen (secondary N) is 1. The van der Waals surface area contributed by atoms with Gasteiger partial charge in [0.05, 0.1) is 17.8 Å². The molecule has 0 bridgehead atoms. The Morgan fingerprint density at radius 3 is 2.60 bits per heavy atom. The average molecular weight is 250 g/mol. The second kappa shape index (κ2) is 5.09. The van der Waals surface area contributed by atoms with E-state index in [4.69, 9.17) is 11.6 Å². The molecular formula is C9H16ClN3OS. The van der Waals surface area contributed by atoms with E-state index in [1.165, 1.54) is 0 Å².